The first-order chi connectivity index (χ1) is 13.7. The number of hydrogen-bond acceptors (Lipinski definition) is 4. The molecule has 1 fully saturated rings. The monoisotopic (exact) mass is 376 g/mol. The van der Waals surface area contributed by atoms with Crippen LogP contribution in [-0.4, -0.2) is 38.7 Å². The topological polar surface area (TPSA) is 69.9 Å². The van der Waals surface area contributed by atoms with Gasteiger partial charge in [-0.25, -0.2) is 10.00 Å². The van der Waals surface area contributed by atoms with Gasteiger partial charge >= 0.3 is 0 Å². The Morgan fingerprint density at radius 2 is 2.11 bits per heavy atom. The lowest BCUT2D eigenvalue weighted by atomic mass is 10.0. The molecule has 6 nitrogen and oxygen atoms in total. The predicted octanol–water partition coefficient (Wildman–Crippen LogP) is 3.23. The molecule has 28 heavy (non-hydrogen) atoms. The Kier molecular flexibility index (Phi) is 5.50. The number of rotatable bonds is 6. The van der Waals surface area contributed by atoms with Crippen molar-refractivity contribution in [3.63, 3.8) is 0 Å². The molecular formula is C22H24N4O2. The van der Waals surface area contributed by atoms with Crippen LogP contribution in [0.2, 0.25) is 0 Å². The third-order valence-electron chi connectivity index (χ3n) is 5.40. The van der Waals surface area contributed by atoms with Crippen LogP contribution in [0.3, 0.4) is 0 Å². The third-order valence-corrected chi connectivity index (χ3v) is 5.40. The van der Waals surface area contributed by atoms with Gasteiger partial charge in [0.05, 0.1) is 11.7 Å². The maximum Gasteiger partial charge on any atom is 0.267 e. The van der Waals surface area contributed by atoms with E-state index < -0.39 is 5.91 Å². The van der Waals surface area contributed by atoms with E-state index >= 15 is 0 Å². The number of carbonyl (C=O) groups is 1. The van der Waals surface area contributed by atoms with Crippen molar-refractivity contribution < 1.29 is 10.0 Å². The molecule has 4 rings (SSSR count). The first-order valence-corrected chi connectivity index (χ1v) is 9.62. The van der Waals surface area contributed by atoms with Crippen LogP contribution in [0, 0.1) is 0 Å². The number of hydroxylamine groups is 1. The molecule has 1 aliphatic rings. The number of nitrogens with zero attached hydrogens (tertiary/aromatic N) is 3. The smallest absolute Gasteiger partial charge is 0.267 e. The van der Waals surface area contributed by atoms with Crippen molar-refractivity contribution in [2.24, 2.45) is 0 Å². The van der Waals surface area contributed by atoms with E-state index in [2.05, 4.69) is 34.3 Å². The highest BCUT2D eigenvalue weighted by molar-refractivity contribution is 5.90. The predicted molar refractivity (Wildman–Crippen MR) is 108 cm³/mol. The molecular weight excluding hydrogens is 352 g/mol. The number of aromatic nitrogens is 2. The van der Waals surface area contributed by atoms with E-state index in [9.17, 15) is 4.79 Å². The lowest BCUT2D eigenvalue weighted by molar-refractivity contribution is -0.124. The van der Waals surface area contributed by atoms with Gasteiger partial charge in [-0.15, -0.1) is 0 Å². The van der Waals surface area contributed by atoms with Crippen LogP contribution in [0.1, 0.15) is 35.6 Å². The maximum absolute atomic E-state index is 11.1. The molecule has 0 bridgehead atoms. The summed E-state index contributed by atoms with van der Waals surface area (Å²) in [7, 11) is 0. The van der Waals surface area contributed by atoms with E-state index in [0.29, 0.717) is 6.04 Å². The summed E-state index contributed by atoms with van der Waals surface area (Å²) in [5.74, 6) is -0.529. The van der Waals surface area contributed by atoms with Gasteiger partial charge in [0.1, 0.15) is 0 Å². The normalized spacial score (nSPS) is 17.5. The van der Waals surface area contributed by atoms with Crippen molar-refractivity contribution in [2.75, 3.05) is 13.1 Å². The second-order valence-corrected chi connectivity index (χ2v) is 7.12. The van der Waals surface area contributed by atoms with Crippen LogP contribution >= 0.6 is 0 Å². The minimum atomic E-state index is -0.529. The van der Waals surface area contributed by atoms with E-state index in [1.165, 1.54) is 29.1 Å². The molecule has 3 aromatic rings. The molecule has 0 spiro atoms. The molecule has 0 radical (unpaired) electrons. The summed E-state index contributed by atoms with van der Waals surface area (Å²) >= 11 is 0. The number of pyridine rings is 1. The summed E-state index contributed by atoms with van der Waals surface area (Å²) in [5.41, 5.74) is 6.30. The van der Waals surface area contributed by atoms with Crippen LogP contribution in [0.4, 0.5) is 0 Å². The Morgan fingerprint density at radius 3 is 2.93 bits per heavy atom. The molecule has 2 aromatic heterocycles. The lowest BCUT2D eigenvalue weighted by Crippen LogP contribution is -2.25. The van der Waals surface area contributed by atoms with E-state index in [4.69, 9.17) is 5.21 Å². The number of amides is 1. The largest absolute Gasteiger partial charge is 0.296 e. The van der Waals surface area contributed by atoms with Gasteiger partial charge in [0.25, 0.3) is 5.91 Å². The quantitative estimate of drug-likeness (QED) is 0.394. The summed E-state index contributed by atoms with van der Waals surface area (Å²) in [6.45, 7) is 2.13. The van der Waals surface area contributed by atoms with E-state index in [1.54, 1.807) is 11.6 Å². The third kappa shape index (κ3) is 3.98. The summed E-state index contributed by atoms with van der Waals surface area (Å²) < 4.78 is 1.93. The molecule has 1 amide bonds. The first-order valence-electron chi connectivity index (χ1n) is 9.62. The summed E-state index contributed by atoms with van der Waals surface area (Å²) in [6.07, 6.45) is 10.3. The Bertz CT molecular complexity index is 978. The van der Waals surface area contributed by atoms with Gasteiger partial charge in [0.15, 0.2) is 0 Å². The molecule has 0 saturated carbocycles. The van der Waals surface area contributed by atoms with Gasteiger partial charge in [-0.1, -0.05) is 30.3 Å². The van der Waals surface area contributed by atoms with Crippen LogP contribution in [0.5, 0.6) is 0 Å². The zero-order chi connectivity index (χ0) is 19.3. The number of carbonyl (C=O) groups excluding carboxylic acids is 1. The number of fused-ring (bicyclic) bond motifs is 1. The average molecular weight is 376 g/mol. The Labute approximate surface area is 164 Å². The number of hydrogen-bond donors (Lipinski definition) is 2. The van der Waals surface area contributed by atoms with Crippen molar-refractivity contribution in [2.45, 2.75) is 25.3 Å². The second kappa shape index (κ2) is 8.37. The summed E-state index contributed by atoms with van der Waals surface area (Å²) in [6, 6.07) is 14.9. The molecule has 144 valence electrons. The van der Waals surface area contributed by atoms with E-state index in [0.717, 1.165) is 31.5 Å². The highest BCUT2D eigenvalue weighted by Gasteiger charge is 2.25. The SMILES string of the molecule is O=C(C=Cc1ccc([C@@H]2CCCN2CCc2cnn3ccccc23)cc1)NO. The number of nitrogens with one attached hydrogen (secondary N) is 1. The fourth-order valence-electron chi connectivity index (χ4n) is 3.95. The second-order valence-electron chi connectivity index (χ2n) is 7.12. The fourth-order valence-corrected chi connectivity index (χ4v) is 3.95. The molecule has 1 saturated heterocycles. The Balaban J connectivity index is 1.42. The lowest BCUT2D eigenvalue weighted by Gasteiger charge is -2.24. The number of benzene rings is 1. The molecule has 6 heteroatoms. The van der Waals surface area contributed by atoms with Crippen molar-refractivity contribution in [1.29, 1.82) is 0 Å². The summed E-state index contributed by atoms with van der Waals surface area (Å²) in [5, 5.41) is 13.0. The number of likely N-dealkylation sites (tertiary alicyclic amines) is 1. The van der Waals surface area contributed by atoms with Crippen LogP contribution in [0.25, 0.3) is 11.6 Å². The molecule has 3 heterocycles. The minimum absolute atomic E-state index is 0.431. The van der Waals surface area contributed by atoms with Crippen LogP contribution in [-0.2, 0) is 11.2 Å². The molecule has 0 aliphatic carbocycles. The van der Waals surface area contributed by atoms with Crippen molar-refractivity contribution in [3.05, 3.63) is 77.6 Å². The van der Waals surface area contributed by atoms with Gasteiger partial charge in [-0.3, -0.25) is 14.9 Å². The van der Waals surface area contributed by atoms with Crippen LogP contribution in [0.15, 0.2) is 60.9 Å². The molecule has 1 aromatic carbocycles. The highest BCUT2D eigenvalue weighted by Crippen LogP contribution is 2.32. The summed E-state index contributed by atoms with van der Waals surface area (Å²) in [4.78, 5) is 13.6. The van der Waals surface area contributed by atoms with Gasteiger partial charge in [-0.2, -0.15) is 5.10 Å². The van der Waals surface area contributed by atoms with Gasteiger partial charge < -0.3 is 0 Å². The molecule has 1 atom stereocenters. The van der Waals surface area contributed by atoms with Gasteiger partial charge in [-0.05, 0) is 60.7 Å². The highest BCUT2D eigenvalue weighted by atomic mass is 16.5. The van der Waals surface area contributed by atoms with Crippen molar-refractivity contribution in [1.82, 2.24) is 20.0 Å². The van der Waals surface area contributed by atoms with Crippen molar-refractivity contribution in [3.8, 4) is 0 Å². The molecule has 2 N–H and O–H groups in total. The minimum Gasteiger partial charge on any atom is -0.296 e. The molecule has 1 aliphatic heterocycles. The standard InChI is InChI=1S/C22H24N4O2/c27-22(24-28)11-8-17-6-9-18(10-7-17)20-5-3-13-25(20)15-12-19-16-23-26-14-2-1-4-21(19)26/h1-2,4,6-11,14,16,20,28H,3,5,12-13,15H2,(H,24,27)/t20-/m0/s1. The Morgan fingerprint density at radius 1 is 1.25 bits per heavy atom. The molecule has 0 unspecified atom stereocenters. The van der Waals surface area contributed by atoms with Crippen LogP contribution < -0.4 is 5.48 Å². The maximum atomic E-state index is 11.1. The zero-order valence-corrected chi connectivity index (χ0v) is 15.7. The van der Waals surface area contributed by atoms with Gasteiger partial charge in [0.2, 0.25) is 0 Å². The zero-order valence-electron chi connectivity index (χ0n) is 15.7. The van der Waals surface area contributed by atoms with Crippen molar-refractivity contribution >= 4 is 17.5 Å². The van der Waals surface area contributed by atoms with E-state index in [-0.39, 0.29) is 0 Å². The first kappa shape index (κ1) is 18.4. The van der Waals surface area contributed by atoms with Gasteiger partial charge in [0, 0.05) is 24.9 Å². The Hall–Kier alpha value is -2.96. The fraction of sp³-hybridized carbons (Fsp3) is 0.273. The average Bonchev–Trinajstić information content (AvgIpc) is 3.37. The van der Waals surface area contributed by atoms with E-state index in [1.807, 2.05) is 35.1 Å².